The van der Waals surface area contributed by atoms with Crippen molar-refractivity contribution in [2.45, 2.75) is 19.8 Å². The fraction of sp³-hybridized carbons (Fsp3) is 0.615. The average Bonchev–Trinajstić information content (AvgIpc) is 2.40. The van der Waals surface area contributed by atoms with Gasteiger partial charge in [0.25, 0.3) is 0 Å². The molecular formula is C13H21N5S. The number of rotatable bonds is 5. The Morgan fingerprint density at radius 1 is 1.32 bits per heavy atom. The van der Waals surface area contributed by atoms with Crippen LogP contribution in [0.3, 0.4) is 0 Å². The largest absolute Gasteiger partial charge is 0.392 e. The molecule has 1 aromatic rings. The molecule has 0 atom stereocenters. The van der Waals surface area contributed by atoms with Crippen LogP contribution < -0.4 is 10.6 Å². The van der Waals surface area contributed by atoms with Gasteiger partial charge in [0.15, 0.2) is 0 Å². The van der Waals surface area contributed by atoms with Crippen molar-refractivity contribution >= 4 is 23.0 Å². The fourth-order valence-electron chi connectivity index (χ4n) is 2.31. The van der Waals surface area contributed by atoms with Gasteiger partial charge in [-0.3, -0.25) is 4.90 Å². The second-order valence-corrected chi connectivity index (χ2v) is 5.37. The van der Waals surface area contributed by atoms with E-state index in [1.165, 1.54) is 0 Å². The van der Waals surface area contributed by atoms with Gasteiger partial charge in [0.1, 0.15) is 12.1 Å². The number of hydrogen-bond acceptors (Lipinski definition) is 5. The normalized spacial score (nSPS) is 16.6. The first kappa shape index (κ1) is 14.1. The van der Waals surface area contributed by atoms with Crippen LogP contribution >= 0.6 is 12.2 Å². The summed E-state index contributed by atoms with van der Waals surface area (Å²) < 4.78 is 0. The first-order valence-electron chi connectivity index (χ1n) is 6.75. The molecule has 0 amide bonds. The van der Waals surface area contributed by atoms with Crippen LogP contribution in [-0.4, -0.2) is 52.6 Å². The lowest BCUT2D eigenvalue weighted by Crippen LogP contribution is -2.48. The first-order valence-corrected chi connectivity index (χ1v) is 7.16. The first-order chi connectivity index (χ1) is 9.19. The van der Waals surface area contributed by atoms with Gasteiger partial charge in [0.2, 0.25) is 0 Å². The molecule has 2 heterocycles. The molecule has 1 aliphatic heterocycles. The average molecular weight is 279 g/mol. The maximum absolute atomic E-state index is 5.58. The topological polar surface area (TPSA) is 58.3 Å². The summed E-state index contributed by atoms with van der Waals surface area (Å²) >= 11 is 4.95. The lowest BCUT2D eigenvalue weighted by molar-refractivity contribution is 0.291. The molecule has 0 bridgehead atoms. The van der Waals surface area contributed by atoms with Crippen molar-refractivity contribution in [3.8, 4) is 0 Å². The van der Waals surface area contributed by atoms with Crippen molar-refractivity contribution in [3.63, 3.8) is 0 Å². The zero-order chi connectivity index (χ0) is 13.7. The number of aryl methyl sites for hydroxylation is 1. The second kappa shape index (κ2) is 6.77. The molecular weight excluding hydrogens is 258 g/mol. The summed E-state index contributed by atoms with van der Waals surface area (Å²) in [6, 6.07) is 2.10. The number of thiocarbonyl (C=S) groups is 1. The van der Waals surface area contributed by atoms with Crippen molar-refractivity contribution in [1.82, 2.24) is 14.9 Å². The Hall–Kier alpha value is -1.27. The molecule has 0 saturated carbocycles. The molecule has 0 unspecified atom stereocenters. The van der Waals surface area contributed by atoms with Gasteiger partial charge in [-0.25, -0.2) is 9.97 Å². The zero-order valence-corrected chi connectivity index (χ0v) is 12.2. The fourth-order valence-corrected chi connectivity index (χ4v) is 2.49. The Morgan fingerprint density at radius 2 is 2.05 bits per heavy atom. The van der Waals surface area contributed by atoms with Crippen LogP contribution in [0.15, 0.2) is 12.4 Å². The van der Waals surface area contributed by atoms with E-state index >= 15 is 0 Å². The van der Waals surface area contributed by atoms with E-state index in [4.69, 9.17) is 18.0 Å². The maximum Gasteiger partial charge on any atom is 0.132 e. The number of nitrogens with two attached hydrogens (primary N) is 1. The Bertz CT molecular complexity index is 429. The predicted molar refractivity (Wildman–Crippen MR) is 81.5 cm³/mol. The van der Waals surface area contributed by atoms with Crippen LogP contribution in [0.1, 0.15) is 19.0 Å². The highest BCUT2D eigenvalue weighted by Gasteiger charge is 2.18. The molecule has 1 fully saturated rings. The summed E-state index contributed by atoms with van der Waals surface area (Å²) in [5, 5.41) is 0. The van der Waals surface area contributed by atoms with Gasteiger partial charge in [-0.05, 0) is 6.42 Å². The summed E-state index contributed by atoms with van der Waals surface area (Å²) in [6.45, 7) is 6.76. The van der Waals surface area contributed by atoms with E-state index in [2.05, 4.69) is 32.8 Å². The van der Waals surface area contributed by atoms with E-state index < -0.39 is 0 Å². The predicted octanol–water partition coefficient (Wildman–Crippen LogP) is 0.837. The quantitative estimate of drug-likeness (QED) is 0.806. The molecule has 0 spiro atoms. The highest BCUT2D eigenvalue weighted by atomic mass is 32.1. The van der Waals surface area contributed by atoms with Gasteiger partial charge in [0.05, 0.1) is 4.99 Å². The minimum Gasteiger partial charge on any atom is -0.392 e. The molecule has 5 nitrogen and oxygen atoms in total. The third kappa shape index (κ3) is 4.11. The molecule has 6 heteroatoms. The highest BCUT2D eigenvalue weighted by molar-refractivity contribution is 7.80. The van der Waals surface area contributed by atoms with E-state index in [0.29, 0.717) is 11.5 Å². The molecule has 0 radical (unpaired) electrons. The Balaban J connectivity index is 1.93. The summed E-state index contributed by atoms with van der Waals surface area (Å²) in [6.07, 6.45) is 3.79. The van der Waals surface area contributed by atoms with Gasteiger partial charge in [-0.1, -0.05) is 25.6 Å². The summed E-state index contributed by atoms with van der Waals surface area (Å²) in [5.74, 6) is 1.04. The van der Waals surface area contributed by atoms with Crippen LogP contribution in [0.5, 0.6) is 0 Å². The van der Waals surface area contributed by atoms with Crippen LogP contribution in [-0.2, 0) is 6.42 Å². The smallest absolute Gasteiger partial charge is 0.132 e. The third-order valence-electron chi connectivity index (χ3n) is 3.29. The van der Waals surface area contributed by atoms with E-state index in [0.717, 1.165) is 50.5 Å². The molecule has 19 heavy (non-hydrogen) atoms. The molecule has 1 aromatic heterocycles. The van der Waals surface area contributed by atoms with Gasteiger partial charge >= 0.3 is 0 Å². The van der Waals surface area contributed by atoms with Crippen LogP contribution in [0, 0.1) is 0 Å². The van der Waals surface area contributed by atoms with E-state index in [1.807, 2.05) is 0 Å². The lowest BCUT2D eigenvalue weighted by atomic mass is 10.2. The molecule has 2 rings (SSSR count). The third-order valence-corrected chi connectivity index (χ3v) is 3.42. The van der Waals surface area contributed by atoms with Gasteiger partial charge in [-0.15, -0.1) is 0 Å². The van der Waals surface area contributed by atoms with E-state index in [-0.39, 0.29) is 0 Å². The van der Waals surface area contributed by atoms with Gasteiger partial charge in [-0.2, -0.15) is 0 Å². The van der Waals surface area contributed by atoms with E-state index in [1.54, 1.807) is 6.33 Å². The van der Waals surface area contributed by atoms with Crippen LogP contribution in [0.2, 0.25) is 0 Å². The Labute approximate surface area is 119 Å². The Morgan fingerprint density at radius 3 is 2.68 bits per heavy atom. The highest BCUT2D eigenvalue weighted by Crippen LogP contribution is 2.14. The van der Waals surface area contributed by atoms with Gasteiger partial charge < -0.3 is 10.6 Å². The van der Waals surface area contributed by atoms with Crippen molar-refractivity contribution < 1.29 is 0 Å². The summed E-state index contributed by atoms with van der Waals surface area (Å²) in [4.78, 5) is 13.8. The minimum absolute atomic E-state index is 0.570. The van der Waals surface area contributed by atoms with E-state index in [9.17, 15) is 0 Å². The SMILES string of the molecule is CCCc1cc(N2CCN(CC(N)=S)CC2)ncn1. The van der Waals surface area contributed by atoms with Gasteiger partial charge in [0, 0.05) is 44.5 Å². The molecule has 1 aliphatic rings. The summed E-state index contributed by atoms with van der Waals surface area (Å²) in [7, 11) is 0. The molecule has 2 N–H and O–H groups in total. The standard InChI is InChI=1S/C13H21N5S/c1-2-3-11-8-13(16-10-15-11)18-6-4-17(5-7-18)9-12(14)19/h8,10H,2-7,9H2,1H3,(H2,14,19). The Kier molecular flexibility index (Phi) is 5.04. The van der Waals surface area contributed by atoms with Crippen molar-refractivity contribution in [2.24, 2.45) is 5.73 Å². The maximum atomic E-state index is 5.58. The molecule has 0 aliphatic carbocycles. The lowest BCUT2D eigenvalue weighted by Gasteiger charge is -2.35. The zero-order valence-electron chi connectivity index (χ0n) is 11.4. The number of piperazine rings is 1. The van der Waals surface area contributed by atoms with Crippen LogP contribution in [0.4, 0.5) is 5.82 Å². The second-order valence-electron chi connectivity index (χ2n) is 4.85. The van der Waals surface area contributed by atoms with Crippen LogP contribution in [0.25, 0.3) is 0 Å². The molecule has 0 aromatic carbocycles. The monoisotopic (exact) mass is 279 g/mol. The summed E-state index contributed by atoms with van der Waals surface area (Å²) in [5.41, 5.74) is 6.70. The van der Waals surface area contributed by atoms with Crippen molar-refractivity contribution in [3.05, 3.63) is 18.1 Å². The minimum atomic E-state index is 0.570. The van der Waals surface area contributed by atoms with Crippen molar-refractivity contribution in [2.75, 3.05) is 37.6 Å². The number of anilines is 1. The van der Waals surface area contributed by atoms with Crippen molar-refractivity contribution in [1.29, 1.82) is 0 Å². The number of hydrogen-bond donors (Lipinski definition) is 1. The molecule has 1 saturated heterocycles. The molecule has 104 valence electrons. The number of aromatic nitrogens is 2. The number of nitrogens with zero attached hydrogens (tertiary/aromatic N) is 4.